The second-order valence-electron chi connectivity index (χ2n) is 4.81. The highest BCUT2D eigenvalue weighted by atomic mass is 35.5. The maximum Gasteiger partial charge on any atom is 0.257 e. The Balaban J connectivity index is 1.92. The summed E-state index contributed by atoms with van der Waals surface area (Å²) in [6.07, 6.45) is 3.10. The fourth-order valence-electron chi connectivity index (χ4n) is 2.19. The Morgan fingerprint density at radius 3 is 2.83 bits per heavy atom. The van der Waals surface area contributed by atoms with Gasteiger partial charge >= 0.3 is 0 Å². The van der Waals surface area contributed by atoms with Crippen molar-refractivity contribution in [3.8, 4) is 11.4 Å². The molecule has 0 aliphatic carbocycles. The van der Waals surface area contributed by atoms with Crippen molar-refractivity contribution < 1.29 is 4.79 Å². The summed E-state index contributed by atoms with van der Waals surface area (Å²) in [5.41, 5.74) is 1.90. The third-order valence-electron chi connectivity index (χ3n) is 3.36. The minimum absolute atomic E-state index is 0.260. The van der Waals surface area contributed by atoms with Crippen LogP contribution >= 0.6 is 11.6 Å². The molecule has 0 aliphatic rings. The van der Waals surface area contributed by atoms with Gasteiger partial charge in [0, 0.05) is 18.3 Å². The van der Waals surface area contributed by atoms with Gasteiger partial charge in [0.15, 0.2) is 5.82 Å². The van der Waals surface area contributed by atoms with E-state index in [0.29, 0.717) is 22.2 Å². The zero-order chi connectivity index (χ0) is 16.2. The van der Waals surface area contributed by atoms with Crippen molar-refractivity contribution in [2.45, 2.75) is 13.5 Å². The standard InChI is InChI=1S/C16H14ClN5O/c1-2-22-10-19-21-15(22)12-5-3-4-6-13(12)20-16(23)11-7-8-14(17)18-9-11/h3-10H,2H2,1H3,(H,20,23). The summed E-state index contributed by atoms with van der Waals surface area (Å²) in [7, 11) is 0. The molecule has 116 valence electrons. The van der Waals surface area contributed by atoms with Crippen molar-refractivity contribution in [1.82, 2.24) is 19.7 Å². The van der Waals surface area contributed by atoms with Gasteiger partial charge in [-0.25, -0.2) is 4.98 Å². The van der Waals surface area contributed by atoms with Crippen molar-refractivity contribution in [1.29, 1.82) is 0 Å². The number of nitrogens with zero attached hydrogens (tertiary/aromatic N) is 4. The fourth-order valence-corrected chi connectivity index (χ4v) is 2.30. The maximum atomic E-state index is 12.4. The molecular formula is C16H14ClN5O. The van der Waals surface area contributed by atoms with Gasteiger partial charge in [0.05, 0.1) is 11.3 Å². The summed E-state index contributed by atoms with van der Waals surface area (Å²) < 4.78 is 1.91. The normalized spacial score (nSPS) is 10.5. The number of para-hydroxylation sites is 1. The van der Waals surface area contributed by atoms with Gasteiger partial charge < -0.3 is 9.88 Å². The van der Waals surface area contributed by atoms with E-state index in [0.717, 1.165) is 12.1 Å². The molecule has 0 bridgehead atoms. The van der Waals surface area contributed by atoms with E-state index < -0.39 is 0 Å². The second-order valence-corrected chi connectivity index (χ2v) is 5.20. The smallest absolute Gasteiger partial charge is 0.257 e. The number of aromatic nitrogens is 4. The van der Waals surface area contributed by atoms with Gasteiger partial charge in [0.1, 0.15) is 11.5 Å². The summed E-state index contributed by atoms with van der Waals surface area (Å²) in [6, 6.07) is 10.7. The Labute approximate surface area is 138 Å². The first-order valence-corrected chi connectivity index (χ1v) is 7.47. The van der Waals surface area contributed by atoms with Gasteiger partial charge in [-0.2, -0.15) is 0 Å². The molecule has 23 heavy (non-hydrogen) atoms. The highest BCUT2D eigenvalue weighted by molar-refractivity contribution is 6.29. The van der Waals surface area contributed by atoms with E-state index in [1.807, 2.05) is 35.8 Å². The number of pyridine rings is 1. The molecule has 3 aromatic rings. The molecule has 0 spiro atoms. The number of rotatable bonds is 4. The van der Waals surface area contributed by atoms with E-state index in [-0.39, 0.29) is 5.91 Å². The Bertz CT molecular complexity index is 828. The lowest BCUT2D eigenvalue weighted by Crippen LogP contribution is -2.13. The Morgan fingerprint density at radius 1 is 1.26 bits per heavy atom. The molecule has 0 fully saturated rings. The molecule has 7 heteroatoms. The van der Waals surface area contributed by atoms with E-state index in [4.69, 9.17) is 11.6 Å². The molecule has 0 atom stereocenters. The summed E-state index contributed by atoms with van der Waals surface area (Å²) in [5.74, 6) is 0.446. The van der Waals surface area contributed by atoms with Gasteiger partial charge in [-0.05, 0) is 31.2 Å². The van der Waals surface area contributed by atoms with Crippen LogP contribution < -0.4 is 5.32 Å². The van der Waals surface area contributed by atoms with Crippen LogP contribution in [0.2, 0.25) is 5.15 Å². The van der Waals surface area contributed by atoms with E-state index in [2.05, 4.69) is 20.5 Å². The van der Waals surface area contributed by atoms with Crippen LogP contribution in [0, 0.1) is 0 Å². The van der Waals surface area contributed by atoms with E-state index in [1.54, 1.807) is 18.5 Å². The molecule has 0 saturated heterocycles. The van der Waals surface area contributed by atoms with Crippen LogP contribution in [-0.2, 0) is 6.54 Å². The molecule has 0 unspecified atom stereocenters. The van der Waals surface area contributed by atoms with Crippen molar-refractivity contribution >= 4 is 23.2 Å². The van der Waals surface area contributed by atoms with Crippen LogP contribution in [0.3, 0.4) is 0 Å². The zero-order valence-electron chi connectivity index (χ0n) is 12.4. The number of amides is 1. The third kappa shape index (κ3) is 3.22. The summed E-state index contributed by atoms with van der Waals surface area (Å²) in [6.45, 7) is 2.75. The van der Waals surface area contributed by atoms with Crippen LogP contribution in [-0.4, -0.2) is 25.7 Å². The third-order valence-corrected chi connectivity index (χ3v) is 3.59. The Kier molecular flexibility index (Phi) is 4.34. The topological polar surface area (TPSA) is 72.7 Å². The van der Waals surface area contributed by atoms with Gasteiger partial charge in [0.25, 0.3) is 5.91 Å². The number of halogens is 1. The summed E-state index contributed by atoms with van der Waals surface area (Å²) in [5, 5.41) is 11.3. The number of anilines is 1. The van der Waals surface area contributed by atoms with Crippen molar-refractivity contribution in [2.75, 3.05) is 5.32 Å². The zero-order valence-corrected chi connectivity index (χ0v) is 13.2. The van der Waals surface area contributed by atoms with Gasteiger partial charge in [-0.3, -0.25) is 4.79 Å². The summed E-state index contributed by atoms with van der Waals surface area (Å²) >= 11 is 5.74. The molecule has 3 rings (SSSR count). The quantitative estimate of drug-likeness (QED) is 0.746. The second kappa shape index (κ2) is 6.58. The SMILES string of the molecule is CCn1cnnc1-c1ccccc1NC(=O)c1ccc(Cl)nc1. The first kappa shape index (κ1) is 15.2. The van der Waals surface area contributed by atoms with Gasteiger partial charge in [-0.15, -0.1) is 10.2 Å². The largest absolute Gasteiger partial charge is 0.321 e. The van der Waals surface area contributed by atoms with Crippen LogP contribution in [0.5, 0.6) is 0 Å². The minimum Gasteiger partial charge on any atom is -0.321 e. The molecule has 1 aromatic carbocycles. The average molecular weight is 328 g/mol. The molecule has 1 amide bonds. The molecular weight excluding hydrogens is 314 g/mol. The number of carbonyl (C=O) groups is 1. The van der Waals surface area contributed by atoms with Crippen molar-refractivity contribution in [3.63, 3.8) is 0 Å². The molecule has 2 heterocycles. The average Bonchev–Trinajstić information content (AvgIpc) is 3.04. The van der Waals surface area contributed by atoms with Crippen molar-refractivity contribution in [3.05, 3.63) is 59.6 Å². The molecule has 1 N–H and O–H groups in total. The Hall–Kier alpha value is -2.73. The van der Waals surface area contributed by atoms with Crippen molar-refractivity contribution in [2.24, 2.45) is 0 Å². The van der Waals surface area contributed by atoms with Gasteiger partial charge in [-0.1, -0.05) is 23.7 Å². The van der Waals surface area contributed by atoms with E-state index in [1.165, 1.54) is 6.20 Å². The van der Waals surface area contributed by atoms with Crippen LogP contribution in [0.4, 0.5) is 5.69 Å². The van der Waals surface area contributed by atoms with E-state index >= 15 is 0 Å². The number of benzene rings is 1. The number of hydrogen-bond donors (Lipinski definition) is 1. The molecule has 6 nitrogen and oxygen atoms in total. The molecule has 0 aliphatic heterocycles. The Morgan fingerprint density at radius 2 is 2.09 bits per heavy atom. The highest BCUT2D eigenvalue weighted by Crippen LogP contribution is 2.26. The lowest BCUT2D eigenvalue weighted by molar-refractivity contribution is 0.102. The minimum atomic E-state index is -0.260. The first-order chi connectivity index (χ1) is 11.2. The first-order valence-electron chi connectivity index (χ1n) is 7.09. The predicted octanol–water partition coefficient (Wildman–Crippen LogP) is 3.27. The fraction of sp³-hybridized carbons (Fsp3) is 0.125. The number of carbonyl (C=O) groups excluding carboxylic acids is 1. The predicted molar refractivity (Wildman–Crippen MR) is 88.3 cm³/mol. The lowest BCUT2D eigenvalue weighted by atomic mass is 10.1. The van der Waals surface area contributed by atoms with Crippen LogP contribution in [0.25, 0.3) is 11.4 Å². The monoisotopic (exact) mass is 327 g/mol. The van der Waals surface area contributed by atoms with E-state index in [9.17, 15) is 4.79 Å². The lowest BCUT2D eigenvalue weighted by Gasteiger charge is -2.11. The number of hydrogen-bond acceptors (Lipinski definition) is 4. The maximum absolute atomic E-state index is 12.4. The molecule has 2 aromatic heterocycles. The number of nitrogens with one attached hydrogen (secondary N) is 1. The van der Waals surface area contributed by atoms with Gasteiger partial charge in [0.2, 0.25) is 0 Å². The van der Waals surface area contributed by atoms with Crippen LogP contribution in [0.15, 0.2) is 48.9 Å². The highest BCUT2D eigenvalue weighted by Gasteiger charge is 2.14. The molecule has 0 radical (unpaired) electrons. The number of aryl methyl sites for hydroxylation is 1. The summed E-state index contributed by atoms with van der Waals surface area (Å²) in [4.78, 5) is 16.3. The van der Waals surface area contributed by atoms with Crippen LogP contribution in [0.1, 0.15) is 17.3 Å². The molecule has 0 saturated carbocycles.